The summed E-state index contributed by atoms with van der Waals surface area (Å²) in [5.74, 6) is -6.27. The van der Waals surface area contributed by atoms with Crippen LogP contribution in [0, 0.1) is 0 Å². The summed E-state index contributed by atoms with van der Waals surface area (Å²) in [6.07, 6.45) is -0.409. The number of carboxylic acid groups (broad SMARTS) is 2. The van der Waals surface area contributed by atoms with Crippen LogP contribution in [0.5, 0.6) is 0 Å². The number of thiol groups is 1. The van der Waals surface area contributed by atoms with Gasteiger partial charge in [-0.3, -0.25) is 24.0 Å². The third-order valence-electron chi connectivity index (χ3n) is 4.42. The molecule has 0 radical (unpaired) electrons. The zero-order chi connectivity index (χ0) is 25.6. The van der Waals surface area contributed by atoms with E-state index in [2.05, 4.69) is 28.6 Å². The normalized spacial score (nSPS) is 14.3. The molecule has 0 saturated carbocycles. The Bertz CT molecular complexity index is 722. The minimum absolute atomic E-state index is 0.0563. The molecule has 0 fully saturated rings. The zero-order valence-electron chi connectivity index (χ0n) is 18.0. The molecule has 11 N–H and O–H groups in total. The Morgan fingerprint density at radius 2 is 1.36 bits per heavy atom. The van der Waals surface area contributed by atoms with Crippen molar-refractivity contribution in [3.8, 4) is 0 Å². The number of nitrogens with two attached hydrogens (primary N) is 3. The fraction of sp³-hybridized carbons (Fsp3) is 0.667. The highest BCUT2D eigenvalue weighted by atomic mass is 32.1. The van der Waals surface area contributed by atoms with Crippen LogP contribution in [-0.4, -0.2) is 82.2 Å². The molecule has 33 heavy (non-hydrogen) atoms. The number of nitrogens with one attached hydrogen (secondary N) is 3. The van der Waals surface area contributed by atoms with Gasteiger partial charge in [0, 0.05) is 12.2 Å². The number of carbonyl (C=O) groups is 6. The number of aliphatic carboxylic acids is 2. The molecule has 14 nitrogen and oxygen atoms in total. The first-order chi connectivity index (χ1) is 15.4. The quantitative estimate of drug-likeness (QED) is 0.0719. The van der Waals surface area contributed by atoms with Crippen LogP contribution < -0.4 is 33.2 Å². The summed E-state index contributed by atoms with van der Waals surface area (Å²) in [5.41, 5.74) is 16.0. The summed E-state index contributed by atoms with van der Waals surface area (Å²) in [6.45, 7) is 0.304. The van der Waals surface area contributed by atoms with Gasteiger partial charge in [-0.2, -0.15) is 12.6 Å². The van der Waals surface area contributed by atoms with Gasteiger partial charge in [0.25, 0.3) is 0 Å². The van der Waals surface area contributed by atoms with E-state index in [0.29, 0.717) is 19.4 Å². The van der Waals surface area contributed by atoms with Crippen molar-refractivity contribution >= 4 is 48.2 Å². The van der Waals surface area contributed by atoms with E-state index in [1.54, 1.807) is 0 Å². The molecule has 4 atom stereocenters. The highest BCUT2D eigenvalue weighted by Gasteiger charge is 2.31. The molecule has 188 valence electrons. The lowest BCUT2D eigenvalue weighted by Gasteiger charge is -2.24. The van der Waals surface area contributed by atoms with Crippen LogP contribution in [0.4, 0.5) is 0 Å². The summed E-state index contributed by atoms with van der Waals surface area (Å²) in [4.78, 5) is 70.8. The molecule has 0 aliphatic rings. The van der Waals surface area contributed by atoms with Gasteiger partial charge in [0.2, 0.25) is 23.6 Å². The molecule has 0 rings (SSSR count). The van der Waals surface area contributed by atoms with Crippen molar-refractivity contribution in [3.05, 3.63) is 0 Å². The first-order valence-electron chi connectivity index (χ1n) is 10.1. The maximum absolute atomic E-state index is 12.7. The second kappa shape index (κ2) is 15.8. The Labute approximate surface area is 195 Å². The highest BCUT2D eigenvalue weighted by Crippen LogP contribution is 2.06. The lowest BCUT2D eigenvalue weighted by Crippen LogP contribution is -2.57. The molecule has 0 heterocycles. The molecule has 0 aromatic carbocycles. The number of primary amides is 1. The highest BCUT2D eigenvalue weighted by molar-refractivity contribution is 7.80. The molecule has 0 saturated heterocycles. The monoisotopic (exact) mass is 492 g/mol. The third kappa shape index (κ3) is 12.6. The van der Waals surface area contributed by atoms with E-state index >= 15 is 0 Å². The van der Waals surface area contributed by atoms with Gasteiger partial charge in [-0.05, 0) is 32.2 Å². The smallest absolute Gasteiger partial charge is 0.326 e. The van der Waals surface area contributed by atoms with Crippen molar-refractivity contribution in [2.45, 2.75) is 62.7 Å². The molecular formula is C18H32N6O8S. The molecule has 0 aliphatic carbocycles. The van der Waals surface area contributed by atoms with Crippen molar-refractivity contribution in [3.63, 3.8) is 0 Å². The van der Waals surface area contributed by atoms with Gasteiger partial charge in [0.1, 0.15) is 18.1 Å². The number of carbonyl (C=O) groups excluding carboxylic acids is 4. The summed E-state index contributed by atoms with van der Waals surface area (Å²) >= 11 is 3.86. The average molecular weight is 493 g/mol. The molecule has 0 aromatic rings. The third-order valence-corrected chi connectivity index (χ3v) is 4.81. The van der Waals surface area contributed by atoms with Crippen molar-refractivity contribution in [1.82, 2.24) is 16.0 Å². The van der Waals surface area contributed by atoms with Crippen molar-refractivity contribution in [1.29, 1.82) is 0 Å². The average Bonchev–Trinajstić information content (AvgIpc) is 2.73. The first kappa shape index (κ1) is 30.1. The Balaban J connectivity index is 5.49. The Morgan fingerprint density at radius 3 is 1.85 bits per heavy atom. The maximum Gasteiger partial charge on any atom is 0.326 e. The number of unbranched alkanes of at least 4 members (excludes halogenated alkanes) is 1. The van der Waals surface area contributed by atoms with Crippen LogP contribution in [0.25, 0.3) is 0 Å². The van der Waals surface area contributed by atoms with E-state index in [0.717, 1.165) is 0 Å². The molecule has 4 unspecified atom stereocenters. The van der Waals surface area contributed by atoms with E-state index in [9.17, 15) is 33.9 Å². The molecule has 15 heteroatoms. The van der Waals surface area contributed by atoms with Gasteiger partial charge in [-0.15, -0.1) is 0 Å². The number of carboxylic acids is 2. The molecular weight excluding hydrogens is 460 g/mol. The van der Waals surface area contributed by atoms with Crippen molar-refractivity contribution in [2.75, 3.05) is 12.3 Å². The number of rotatable bonds is 17. The fourth-order valence-electron chi connectivity index (χ4n) is 2.60. The van der Waals surface area contributed by atoms with E-state index in [4.69, 9.17) is 22.3 Å². The molecule has 0 bridgehead atoms. The van der Waals surface area contributed by atoms with Crippen LogP contribution in [0.1, 0.15) is 38.5 Å². The fourth-order valence-corrected chi connectivity index (χ4v) is 2.76. The summed E-state index contributed by atoms with van der Waals surface area (Å²) in [7, 11) is 0. The van der Waals surface area contributed by atoms with Crippen LogP contribution >= 0.6 is 12.6 Å². The molecule has 0 aromatic heterocycles. The Kier molecular flexibility index (Phi) is 14.4. The first-order valence-corrected chi connectivity index (χ1v) is 10.8. The summed E-state index contributed by atoms with van der Waals surface area (Å²) < 4.78 is 0. The largest absolute Gasteiger partial charge is 0.481 e. The van der Waals surface area contributed by atoms with Gasteiger partial charge >= 0.3 is 11.9 Å². The van der Waals surface area contributed by atoms with Crippen LogP contribution in [0.3, 0.4) is 0 Å². The second-order valence-corrected chi connectivity index (χ2v) is 7.56. The number of hydrogen-bond donors (Lipinski definition) is 9. The molecule has 4 amide bonds. The SMILES string of the molecule is NCCCCC(NC(=O)C(CC(=O)O)NC(=O)C(N)CS)C(=O)NC(CCC(N)=O)C(=O)O. The van der Waals surface area contributed by atoms with E-state index in [-0.39, 0.29) is 25.0 Å². The number of amides is 4. The van der Waals surface area contributed by atoms with E-state index in [1.165, 1.54) is 0 Å². The van der Waals surface area contributed by atoms with Crippen LogP contribution in [0.15, 0.2) is 0 Å². The van der Waals surface area contributed by atoms with Crippen LogP contribution in [-0.2, 0) is 28.8 Å². The van der Waals surface area contributed by atoms with Gasteiger partial charge in [0.05, 0.1) is 12.5 Å². The lowest BCUT2D eigenvalue weighted by molar-refractivity contribution is -0.143. The van der Waals surface area contributed by atoms with E-state index in [1.807, 2.05) is 0 Å². The lowest BCUT2D eigenvalue weighted by atomic mass is 10.1. The minimum atomic E-state index is -1.55. The van der Waals surface area contributed by atoms with Crippen molar-refractivity contribution in [2.24, 2.45) is 17.2 Å². The minimum Gasteiger partial charge on any atom is -0.481 e. The standard InChI is InChI=1S/C18H32N6O8S/c19-6-2-1-3-10(16(29)23-11(18(31)32)4-5-13(21)25)22-17(30)12(7-14(26)27)24-15(28)9(20)8-33/h9-12,33H,1-8,19-20H2,(H2,21,25)(H,22,30)(H,23,29)(H,24,28)(H,26,27)(H,31,32). The van der Waals surface area contributed by atoms with Gasteiger partial charge in [-0.25, -0.2) is 4.79 Å². The van der Waals surface area contributed by atoms with Gasteiger partial charge < -0.3 is 43.4 Å². The predicted molar refractivity (Wildman–Crippen MR) is 119 cm³/mol. The maximum atomic E-state index is 12.7. The predicted octanol–water partition coefficient (Wildman–Crippen LogP) is -3.35. The van der Waals surface area contributed by atoms with Gasteiger partial charge in [-0.1, -0.05) is 0 Å². The number of hydrogen-bond acceptors (Lipinski definition) is 9. The van der Waals surface area contributed by atoms with Gasteiger partial charge in [0.15, 0.2) is 0 Å². The Hall–Kier alpha value is -2.91. The van der Waals surface area contributed by atoms with Crippen LogP contribution in [0.2, 0.25) is 0 Å². The molecule has 0 aliphatic heterocycles. The molecule has 0 spiro atoms. The van der Waals surface area contributed by atoms with Crippen molar-refractivity contribution < 1.29 is 39.0 Å². The topological polar surface area (TPSA) is 257 Å². The second-order valence-electron chi connectivity index (χ2n) is 7.20. The zero-order valence-corrected chi connectivity index (χ0v) is 18.9. The summed E-state index contributed by atoms with van der Waals surface area (Å²) in [5, 5.41) is 25.1. The van der Waals surface area contributed by atoms with E-state index < -0.39 is 66.2 Å². The summed E-state index contributed by atoms with van der Waals surface area (Å²) in [6, 6.07) is -5.34. The Morgan fingerprint density at radius 1 is 0.818 bits per heavy atom.